The van der Waals surface area contributed by atoms with E-state index < -0.39 is 0 Å². The highest BCUT2D eigenvalue weighted by molar-refractivity contribution is 9.10. The van der Waals surface area contributed by atoms with Gasteiger partial charge in [-0.15, -0.1) is 11.8 Å². The van der Waals surface area contributed by atoms with Crippen LogP contribution in [0.4, 0.5) is 0 Å². The number of benzene rings is 1. The number of carbonyl (C=O) groups excluding carboxylic acids is 2. The van der Waals surface area contributed by atoms with E-state index in [1.165, 1.54) is 11.8 Å². The van der Waals surface area contributed by atoms with Gasteiger partial charge in [0.1, 0.15) is 0 Å². The summed E-state index contributed by atoms with van der Waals surface area (Å²) < 4.78 is 6.08. The molecule has 0 saturated carbocycles. The van der Waals surface area contributed by atoms with Gasteiger partial charge in [-0.3, -0.25) is 9.59 Å². The number of carbonyl (C=O) groups is 2. The fourth-order valence-electron chi connectivity index (χ4n) is 1.95. The largest absolute Gasteiger partial charge is 0.455 e. The number of amides is 1. The van der Waals surface area contributed by atoms with E-state index in [-0.39, 0.29) is 24.2 Å². The Kier molecular flexibility index (Phi) is 7.33. The fourth-order valence-corrected chi connectivity index (χ4v) is 3.89. The summed E-state index contributed by atoms with van der Waals surface area (Å²) in [5.41, 5.74) is 2.16. The lowest BCUT2D eigenvalue weighted by Gasteiger charge is -2.16. The monoisotopic (exact) mass is 427 g/mol. The van der Waals surface area contributed by atoms with Crippen molar-refractivity contribution in [3.63, 3.8) is 0 Å². The van der Waals surface area contributed by atoms with Crippen molar-refractivity contribution in [1.29, 1.82) is 0 Å². The molecule has 0 aliphatic heterocycles. The molecule has 128 valence electrons. The maximum atomic E-state index is 12.0. The van der Waals surface area contributed by atoms with Gasteiger partial charge in [-0.2, -0.15) is 11.3 Å². The van der Waals surface area contributed by atoms with Crippen LogP contribution in [-0.4, -0.2) is 36.2 Å². The number of hydrogen-bond acceptors (Lipinski definition) is 5. The molecule has 1 aromatic carbocycles. The molecule has 0 bridgehead atoms. The van der Waals surface area contributed by atoms with Crippen molar-refractivity contribution in [2.75, 3.05) is 19.4 Å². The number of ether oxygens (including phenoxy) is 1. The van der Waals surface area contributed by atoms with Gasteiger partial charge >= 0.3 is 5.97 Å². The minimum absolute atomic E-state index is 0.185. The lowest BCUT2D eigenvalue weighted by Crippen LogP contribution is -2.30. The van der Waals surface area contributed by atoms with Crippen LogP contribution in [0, 0.1) is 6.92 Å². The highest BCUT2D eigenvalue weighted by Gasteiger charge is 2.13. The summed E-state index contributed by atoms with van der Waals surface area (Å²) in [6, 6.07) is 7.86. The number of thioether (sulfide) groups is 1. The van der Waals surface area contributed by atoms with Crippen molar-refractivity contribution in [2.45, 2.75) is 18.4 Å². The van der Waals surface area contributed by atoms with Crippen LogP contribution >= 0.6 is 39.0 Å². The van der Waals surface area contributed by atoms with Gasteiger partial charge in [-0.05, 0) is 53.1 Å². The van der Waals surface area contributed by atoms with Gasteiger partial charge < -0.3 is 9.64 Å². The molecule has 1 heterocycles. The number of rotatable bonds is 7. The zero-order valence-electron chi connectivity index (χ0n) is 13.5. The second-order valence-corrected chi connectivity index (χ2v) is 7.95. The molecule has 7 heteroatoms. The Balaban J connectivity index is 1.73. The summed E-state index contributed by atoms with van der Waals surface area (Å²) in [5, 5.41) is 3.96. The molecule has 2 rings (SSSR count). The Morgan fingerprint density at radius 1 is 1.33 bits per heavy atom. The highest BCUT2D eigenvalue weighted by atomic mass is 79.9. The number of aryl methyl sites for hydroxylation is 1. The Bertz CT molecular complexity index is 704. The number of esters is 1. The van der Waals surface area contributed by atoms with Crippen molar-refractivity contribution in [3.05, 3.63) is 50.6 Å². The molecule has 1 aromatic heterocycles. The van der Waals surface area contributed by atoms with Crippen molar-refractivity contribution >= 4 is 50.9 Å². The molecule has 4 nitrogen and oxygen atoms in total. The molecule has 0 unspecified atom stereocenters. The molecule has 1 amide bonds. The van der Waals surface area contributed by atoms with E-state index in [0.29, 0.717) is 6.54 Å². The molecular formula is C17H18BrNO3S2. The smallest absolute Gasteiger partial charge is 0.316 e. The molecule has 0 radical (unpaired) electrons. The molecule has 0 N–H and O–H groups in total. The molecule has 0 aliphatic rings. The van der Waals surface area contributed by atoms with Crippen LogP contribution in [0.15, 0.2) is 44.4 Å². The molecule has 24 heavy (non-hydrogen) atoms. The van der Waals surface area contributed by atoms with Crippen molar-refractivity contribution in [1.82, 2.24) is 4.90 Å². The third-order valence-corrected chi connectivity index (χ3v) is 5.64. The van der Waals surface area contributed by atoms with E-state index in [1.54, 1.807) is 23.3 Å². The van der Waals surface area contributed by atoms with Crippen LogP contribution in [0.1, 0.15) is 11.1 Å². The Morgan fingerprint density at radius 3 is 2.79 bits per heavy atom. The topological polar surface area (TPSA) is 46.6 Å². The minimum atomic E-state index is -0.389. The van der Waals surface area contributed by atoms with Gasteiger partial charge in [0.15, 0.2) is 6.61 Å². The summed E-state index contributed by atoms with van der Waals surface area (Å²) in [6.45, 7) is 2.29. The third-order valence-electron chi connectivity index (χ3n) is 3.26. The van der Waals surface area contributed by atoms with E-state index in [4.69, 9.17) is 4.74 Å². The van der Waals surface area contributed by atoms with Gasteiger partial charge in [0.05, 0.1) is 5.75 Å². The van der Waals surface area contributed by atoms with Gasteiger partial charge in [-0.1, -0.05) is 15.9 Å². The maximum Gasteiger partial charge on any atom is 0.316 e. The predicted octanol–water partition coefficient (Wildman–Crippen LogP) is 4.11. The van der Waals surface area contributed by atoms with Gasteiger partial charge in [0.2, 0.25) is 0 Å². The number of hydrogen-bond donors (Lipinski definition) is 0. The van der Waals surface area contributed by atoms with Gasteiger partial charge in [-0.25, -0.2) is 0 Å². The van der Waals surface area contributed by atoms with Crippen LogP contribution in [0.3, 0.4) is 0 Å². The van der Waals surface area contributed by atoms with Gasteiger partial charge in [0, 0.05) is 23.0 Å². The lowest BCUT2D eigenvalue weighted by molar-refractivity contribution is -0.149. The number of thiophene rings is 1. The summed E-state index contributed by atoms with van der Waals surface area (Å²) >= 11 is 6.41. The maximum absolute atomic E-state index is 12.0. The summed E-state index contributed by atoms with van der Waals surface area (Å²) in [5.74, 6) is -0.414. The Labute approximate surface area is 158 Å². The van der Waals surface area contributed by atoms with Crippen LogP contribution in [0.2, 0.25) is 0 Å². The molecule has 2 aromatic rings. The first kappa shape index (κ1) is 19.0. The SMILES string of the molecule is Cc1cc(Br)ccc1SCC(=O)OCC(=O)N(C)Cc1ccsc1. The molecule has 0 spiro atoms. The second kappa shape index (κ2) is 9.25. The summed E-state index contributed by atoms with van der Waals surface area (Å²) in [6.07, 6.45) is 0. The molecule has 0 aliphatic carbocycles. The highest BCUT2D eigenvalue weighted by Crippen LogP contribution is 2.25. The van der Waals surface area contributed by atoms with E-state index in [2.05, 4.69) is 15.9 Å². The number of nitrogens with zero attached hydrogens (tertiary/aromatic N) is 1. The molecule has 0 saturated heterocycles. The number of halogens is 1. The standard InChI is InChI=1S/C17H18BrNO3S2/c1-12-7-14(18)3-4-15(12)24-11-17(21)22-9-16(20)19(2)8-13-5-6-23-10-13/h3-7,10H,8-9,11H2,1-2H3. The first-order valence-corrected chi connectivity index (χ1v) is 9.97. The third kappa shape index (κ3) is 5.96. The average Bonchev–Trinajstić information content (AvgIpc) is 3.04. The first-order chi connectivity index (χ1) is 11.5. The molecule has 0 atom stereocenters. The van der Waals surface area contributed by atoms with E-state index in [9.17, 15) is 9.59 Å². The normalized spacial score (nSPS) is 10.5. The van der Waals surface area contributed by atoms with Crippen LogP contribution in [0.5, 0.6) is 0 Å². The van der Waals surface area contributed by atoms with Crippen LogP contribution in [0.25, 0.3) is 0 Å². The Hall–Kier alpha value is -1.31. The lowest BCUT2D eigenvalue weighted by atomic mass is 10.2. The van der Waals surface area contributed by atoms with E-state index in [0.717, 1.165) is 20.5 Å². The molecular weight excluding hydrogens is 410 g/mol. The van der Waals surface area contributed by atoms with Gasteiger partial charge in [0.25, 0.3) is 5.91 Å². The first-order valence-electron chi connectivity index (χ1n) is 7.25. The van der Waals surface area contributed by atoms with E-state index in [1.807, 2.05) is 41.9 Å². The fraction of sp³-hybridized carbons (Fsp3) is 0.294. The predicted molar refractivity (Wildman–Crippen MR) is 101 cm³/mol. The molecule has 0 fully saturated rings. The average molecular weight is 428 g/mol. The quantitative estimate of drug-likeness (QED) is 0.492. The zero-order chi connectivity index (χ0) is 17.5. The van der Waals surface area contributed by atoms with Crippen LogP contribution in [-0.2, 0) is 20.9 Å². The Morgan fingerprint density at radius 2 is 2.12 bits per heavy atom. The van der Waals surface area contributed by atoms with Crippen molar-refractivity contribution in [2.24, 2.45) is 0 Å². The number of likely N-dealkylation sites (N-methyl/N-ethyl adjacent to an activating group) is 1. The van der Waals surface area contributed by atoms with Crippen LogP contribution < -0.4 is 0 Å². The second-order valence-electron chi connectivity index (χ2n) is 5.24. The van der Waals surface area contributed by atoms with E-state index >= 15 is 0 Å². The summed E-state index contributed by atoms with van der Waals surface area (Å²) in [7, 11) is 1.70. The van der Waals surface area contributed by atoms with Crippen molar-refractivity contribution in [3.8, 4) is 0 Å². The van der Waals surface area contributed by atoms with Crippen molar-refractivity contribution < 1.29 is 14.3 Å². The zero-order valence-corrected chi connectivity index (χ0v) is 16.7. The minimum Gasteiger partial charge on any atom is -0.455 e. The summed E-state index contributed by atoms with van der Waals surface area (Å²) in [4.78, 5) is 26.4.